The molecule has 0 fully saturated rings. The third kappa shape index (κ3) is 7.74. The molecule has 0 saturated heterocycles. The Kier molecular flexibility index (Phi) is 11.8. The van der Waals surface area contributed by atoms with Crippen molar-refractivity contribution in [1.29, 1.82) is 0 Å². The molecule has 1 unspecified atom stereocenters. The molecule has 1 atom stereocenters. The van der Waals surface area contributed by atoms with Crippen molar-refractivity contribution >= 4 is 29.9 Å². The van der Waals surface area contributed by atoms with E-state index >= 15 is 0 Å². The summed E-state index contributed by atoms with van der Waals surface area (Å²) in [6.07, 6.45) is -0.643. The normalized spacial score (nSPS) is 11.3. The third-order valence-corrected chi connectivity index (χ3v) is 3.03. The van der Waals surface area contributed by atoms with Gasteiger partial charge < -0.3 is 25.8 Å². The number of carbonyl (C=O) groups is 2. The molecule has 2 amide bonds. The number of rotatable bonds is 10. The van der Waals surface area contributed by atoms with Crippen molar-refractivity contribution in [3.05, 3.63) is 29.8 Å². The Morgan fingerprint density at radius 3 is 2.62 bits per heavy atom. The lowest BCUT2D eigenvalue weighted by Crippen LogP contribution is -2.32. The molecule has 0 bridgehead atoms. The summed E-state index contributed by atoms with van der Waals surface area (Å²) in [5.41, 5.74) is 6.19. The van der Waals surface area contributed by atoms with Crippen LogP contribution in [0.2, 0.25) is 0 Å². The lowest BCUT2D eigenvalue weighted by atomic mass is 10.1. The highest BCUT2D eigenvalue weighted by molar-refractivity contribution is 6.04. The zero-order chi connectivity index (χ0) is 17.1. The largest absolute Gasteiger partial charge is 0.379 e. The molecule has 0 aliphatic rings. The van der Waals surface area contributed by atoms with E-state index in [0.29, 0.717) is 44.2 Å². The predicted molar refractivity (Wildman–Crippen MR) is 95.6 cm³/mol. The Labute approximate surface area is 148 Å². The summed E-state index contributed by atoms with van der Waals surface area (Å²) in [5, 5.41) is 5.39. The summed E-state index contributed by atoms with van der Waals surface area (Å²) >= 11 is 0. The molecule has 0 heterocycles. The van der Waals surface area contributed by atoms with E-state index in [4.69, 9.17) is 15.2 Å². The number of para-hydroxylation sites is 1. The molecule has 0 spiro atoms. The lowest BCUT2D eigenvalue weighted by Gasteiger charge is -2.15. The first-order valence-electron chi connectivity index (χ1n) is 7.67. The Morgan fingerprint density at radius 2 is 1.96 bits per heavy atom. The number of carbonyl (C=O) groups excluding carboxylic acids is 2. The molecule has 4 N–H and O–H groups in total. The molecule has 0 radical (unpaired) electrons. The number of hydrogen-bond donors (Lipinski definition) is 3. The van der Waals surface area contributed by atoms with E-state index in [2.05, 4.69) is 10.6 Å². The molecule has 0 aliphatic heterocycles. The third-order valence-electron chi connectivity index (χ3n) is 3.03. The van der Waals surface area contributed by atoms with E-state index < -0.39 is 6.10 Å². The smallest absolute Gasteiger partial charge is 0.253 e. The van der Waals surface area contributed by atoms with Crippen LogP contribution in [-0.4, -0.2) is 50.8 Å². The molecular formula is C16H26ClN3O4. The Bertz CT molecular complexity index is 514. The van der Waals surface area contributed by atoms with Gasteiger partial charge in [0.05, 0.1) is 24.5 Å². The van der Waals surface area contributed by atoms with Crippen molar-refractivity contribution in [2.24, 2.45) is 5.73 Å². The quantitative estimate of drug-likeness (QED) is 0.544. The Morgan fingerprint density at radius 1 is 1.25 bits per heavy atom. The first-order valence-corrected chi connectivity index (χ1v) is 7.67. The van der Waals surface area contributed by atoms with Gasteiger partial charge in [-0.05, 0) is 26.0 Å². The van der Waals surface area contributed by atoms with Gasteiger partial charge in [-0.1, -0.05) is 12.1 Å². The van der Waals surface area contributed by atoms with Gasteiger partial charge in [-0.3, -0.25) is 9.59 Å². The van der Waals surface area contributed by atoms with Crippen LogP contribution in [0.25, 0.3) is 0 Å². The average molecular weight is 360 g/mol. The van der Waals surface area contributed by atoms with Crippen LogP contribution < -0.4 is 16.4 Å². The predicted octanol–water partition coefficient (Wildman–Crippen LogP) is 1.18. The van der Waals surface area contributed by atoms with Gasteiger partial charge in [0.1, 0.15) is 6.10 Å². The van der Waals surface area contributed by atoms with Gasteiger partial charge >= 0.3 is 0 Å². The molecule has 0 saturated carbocycles. The van der Waals surface area contributed by atoms with E-state index in [-0.39, 0.29) is 24.2 Å². The highest BCUT2D eigenvalue weighted by Crippen LogP contribution is 2.15. The fraction of sp³-hybridized carbons (Fsp3) is 0.500. The molecule has 136 valence electrons. The van der Waals surface area contributed by atoms with Gasteiger partial charge in [-0.15, -0.1) is 12.4 Å². The van der Waals surface area contributed by atoms with E-state index in [1.165, 1.54) is 0 Å². The molecule has 8 heteroatoms. The van der Waals surface area contributed by atoms with Crippen molar-refractivity contribution in [1.82, 2.24) is 5.32 Å². The zero-order valence-electron chi connectivity index (χ0n) is 14.0. The van der Waals surface area contributed by atoms with Crippen LogP contribution in [0.15, 0.2) is 24.3 Å². The fourth-order valence-corrected chi connectivity index (χ4v) is 1.81. The number of amides is 2. The lowest BCUT2D eigenvalue weighted by molar-refractivity contribution is -0.127. The van der Waals surface area contributed by atoms with Gasteiger partial charge in [-0.2, -0.15) is 0 Å². The number of benzene rings is 1. The van der Waals surface area contributed by atoms with Crippen molar-refractivity contribution in [2.45, 2.75) is 20.0 Å². The second-order valence-corrected chi connectivity index (χ2v) is 4.79. The van der Waals surface area contributed by atoms with E-state index in [0.717, 1.165) is 0 Å². The highest BCUT2D eigenvalue weighted by Gasteiger charge is 2.17. The van der Waals surface area contributed by atoms with Gasteiger partial charge in [-0.25, -0.2) is 0 Å². The number of nitrogens with one attached hydrogen (secondary N) is 2. The molecule has 0 aromatic heterocycles. The maximum Gasteiger partial charge on any atom is 0.253 e. The summed E-state index contributed by atoms with van der Waals surface area (Å²) in [7, 11) is 0. The van der Waals surface area contributed by atoms with Crippen molar-refractivity contribution in [2.75, 3.05) is 38.2 Å². The van der Waals surface area contributed by atoms with Crippen LogP contribution in [0.4, 0.5) is 5.69 Å². The molecule has 0 aliphatic carbocycles. The molecule has 1 aromatic rings. The van der Waals surface area contributed by atoms with Gasteiger partial charge in [0, 0.05) is 19.7 Å². The standard InChI is InChI=1S/C16H25N3O4.ClH/c1-3-22-10-11-23-12(2)15(20)19-14-7-5-4-6-13(14)16(21)18-9-8-17;/h4-7,12H,3,8-11,17H2,1-2H3,(H,18,21)(H,19,20);1H. The first-order chi connectivity index (χ1) is 11.1. The minimum atomic E-state index is -0.643. The SMILES string of the molecule is CCOCCOC(C)C(=O)Nc1ccccc1C(=O)NCCN.Cl. The maximum atomic E-state index is 12.1. The van der Waals surface area contributed by atoms with Crippen LogP contribution in [0.3, 0.4) is 0 Å². The Balaban J connectivity index is 0.00000529. The van der Waals surface area contributed by atoms with E-state index in [1.54, 1.807) is 31.2 Å². The molecule has 1 aromatic carbocycles. The van der Waals surface area contributed by atoms with Crippen molar-refractivity contribution < 1.29 is 19.1 Å². The Hall–Kier alpha value is -1.67. The van der Waals surface area contributed by atoms with Crippen molar-refractivity contribution in [3.63, 3.8) is 0 Å². The summed E-state index contributed by atoms with van der Waals surface area (Å²) in [6.45, 7) is 5.65. The number of halogens is 1. The summed E-state index contributed by atoms with van der Waals surface area (Å²) in [4.78, 5) is 24.2. The zero-order valence-corrected chi connectivity index (χ0v) is 14.9. The molecular weight excluding hydrogens is 334 g/mol. The number of nitrogens with two attached hydrogens (primary N) is 1. The first kappa shape index (κ1) is 22.3. The van der Waals surface area contributed by atoms with Crippen molar-refractivity contribution in [3.8, 4) is 0 Å². The number of hydrogen-bond acceptors (Lipinski definition) is 5. The minimum Gasteiger partial charge on any atom is -0.379 e. The average Bonchev–Trinajstić information content (AvgIpc) is 2.56. The summed E-state index contributed by atoms with van der Waals surface area (Å²) < 4.78 is 10.5. The molecule has 7 nitrogen and oxygen atoms in total. The molecule has 24 heavy (non-hydrogen) atoms. The topological polar surface area (TPSA) is 103 Å². The second-order valence-electron chi connectivity index (χ2n) is 4.79. The van der Waals surface area contributed by atoms with E-state index in [9.17, 15) is 9.59 Å². The maximum absolute atomic E-state index is 12.1. The summed E-state index contributed by atoms with van der Waals surface area (Å²) in [6, 6.07) is 6.79. The van der Waals surface area contributed by atoms with Crippen LogP contribution >= 0.6 is 12.4 Å². The van der Waals surface area contributed by atoms with Crippen LogP contribution in [-0.2, 0) is 14.3 Å². The second kappa shape index (κ2) is 12.7. The summed E-state index contributed by atoms with van der Waals surface area (Å²) in [5.74, 6) is -0.600. The molecule has 1 rings (SSSR count). The fourth-order valence-electron chi connectivity index (χ4n) is 1.81. The van der Waals surface area contributed by atoms with Crippen LogP contribution in [0.5, 0.6) is 0 Å². The van der Waals surface area contributed by atoms with Gasteiger partial charge in [0.25, 0.3) is 11.8 Å². The van der Waals surface area contributed by atoms with Crippen LogP contribution in [0, 0.1) is 0 Å². The van der Waals surface area contributed by atoms with Gasteiger partial charge in [0.15, 0.2) is 0 Å². The number of anilines is 1. The minimum absolute atomic E-state index is 0. The van der Waals surface area contributed by atoms with E-state index in [1.807, 2.05) is 6.92 Å². The van der Waals surface area contributed by atoms with Crippen LogP contribution in [0.1, 0.15) is 24.2 Å². The highest BCUT2D eigenvalue weighted by atomic mass is 35.5. The number of ether oxygens (including phenoxy) is 2. The monoisotopic (exact) mass is 359 g/mol. The van der Waals surface area contributed by atoms with Gasteiger partial charge in [0.2, 0.25) is 0 Å².